The number of thioether (sulfide) groups is 1. The lowest BCUT2D eigenvalue weighted by atomic mass is 10.2. The Morgan fingerprint density at radius 3 is 2.56 bits per heavy atom. The van der Waals surface area contributed by atoms with Crippen LogP contribution in [0.3, 0.4) is 0 Å². The van der Waals surface area contributed by atoms with Crippen molar-refractivity contribution in [2.45, 2.75) is 25.2 Å². The highest BCUT2D eigenvalue weighted by atomic mass is 35.5. The maximum Gasteiger partial charge on any atom is 0.252 e. The molecule has 1 fully saturated rings. The minimum atomic E-state index is -3.60. The van der Waals surface area contributed by atoms with Gasteiger partial charge < -0.3 is 10.2 Å². The summed E-state index contributed by atoms with van der Waals surface area (Å²) in [6.45, 7) is 8.57. The van der Waals surface area contributed by atoms with Gasteiger partial charge in [-0.2, -0.15) is 16.1 Å². The summed E-state index contributed by atoms with van der Waals surface area (Å²) >= 11 is 7.90. The standard InChI is InChI=1S/C18H28ClN3O3S2/c1-3-21(4-2)9-5-8-20-18(23)16-14-15(6-7-17(16)19)27(24,25)22-10-12-26-13-11-22/h6-7,14H,3-5,8-13H2,1-2H3,(H,20,23). The van der Waals surface area contributed by atoms with Gasteiger partial charge in [-0.1, -0.05) is 25.4 Å². The Labute approximate surface area is 171 Å². The number of benzene rings is 1. The molecule has 0 radical (unpaired) electrons. The van der Waals surface area contributed by atoms with Crippen molar-refractivity contribution in [3.63, 3.8) is 0 Å². The molecule has 27 heavy (non-hydrogen) atoms. The minimum Gasteiger partial charge on any atom is -0.352 e. The van der Waals surface area contributed by atoms with Crippen molar-refractivity contribution in [2.75, 3.05) is 50.8 Å². The van der Waals surface area contributed by atoms with Gasteiger partial charge in [0.2, 0.25) is 10.0 Å². The fourth-order valence-corrected chi connectivity index (χ4v) is 5.72. The third-order valence-corrected chi connectivity index (χ3v) is 7.79. The summed E-state index contributed by atoms with van der Waals surface area (Å²) in [7, 11) is -3.60. The van der Waals surface area contributed by atoms with E-state index in [0.717, 1.165) is 37.6 Å². The van der Waals surface area contributed by atoms with Crippen molar-refractivity contribution >= 4 is 39.3 Å². The number of hydrogen-bond acceptors (Lipinski definition) is 5. The predicted octanol–water partition coefficient (Wildman–Crippen LogP) is 2.54. The lowest BCUT2D eigenvalue weighted by Gasteiger charge is -2.25. The van der Waals surface area contributed by atoms with Crippen LogP contribution in [0.1, 0.15) is 30.6 Å². The van der Waals surface area contributed by atoms with E-state index in [1.54, 1.807) is 11.8 Å². The Kier molecular flexibility index (Phi) is 8.88. The van der Waals surface area contributed by atoms with Crippen LogP contribution in [-0.4, -0.2) is 74.3 Å². The van der Waals surface area contributed by atoms with Gasteiger partial charge in [0.15, 0.2) is 0 Å². The molecule has 1 N–H and O–H groups in total. The fourth-order valence-electron chi connectivity index (χ4n) is 2.91. The number of rotatable bonds is 9. The molecule has 2 rings (SSSR count). The quantitative estimate of drug-likeness (QED) is 0.606. The van der Waals surface area contributed by atoms with Gasteiger partial charge in [0.05, 0.1) is 15.5 Å². The fraction of sp³-hybridized carbons (Fsp3) is 0.611. The predicted molar refractivity (Wildman–Crippen MR) is 112 cm³/mol. The molecule has 6 nitrogen and oxygen atoms in total. The third kappa shape index (κ3) is 6.09. The minimum absolute atomic E-state index is 0.118. The van der Waals surface area contributed by atoms with E-state index in [4.69, 9.17) is 11.6 Å². The van der Waals surface area contributed by atoms with Gasteiger partial charge in [0.25, 0.3) is 5.91 Å². The lowest BCUT2D eigenvalue weighted by molar-refractivity contribution is 0.0951. The molecule has 1 heterocycles. The first-order valence-electron chi connectivity index (χ1n) is 9.28. The normalized spacial score (nSPS) is 15.9. The molecule has 0 aromatic heterocycles. The molecule has 0 aliphatic carbocycles. The van der Waals surface area contributed by atoms with Gasteiger partial charge in [-0.05, 0) is 44.3 Å². The topological polar surface area (TPSA) is 69.7 Å². The number of halogens is 1. The number of hydrogen-bond donors (Lipinski definition) is 1. The Hall–Kier alpha value is -0.800. The number of sulfonamides is 1. The van der Waals surface area contributed by atoms with Crippen molar-refractivity contribution in [1.29, 1.82) is 0 Å². The van der Waals surface area contributed by atoms with Gasteiger partial charge in [-0.15, -0.1) is 0 Å². The van der Waals surface area contributed by atoms with E-state index in [1.807, 2.05) is 0 Å². The van der Waals surface area contributed by atoms with E-state index >= 15 is 0 Å². The van der Waals surface area contributed by atoms with E-state index in [1.165, 1.54) is 22.5 Å². The molecular weight excluding hydrogens is 406 g/mol. The van der Waals surface area contributed by atoms with Crippen molar-refractivity contribution < 1.29 is 13.2 Å². The van der Waals surface area contributed by atoms with Crippen molar-refractivity contribution in [3.8, 4) is 0 Å². The third-order valence-electron chi connectivity index (χ3n) is 4.62. The summed E-state index contributed by atoms with van der Waals surface area (Å²) < 4.78 is 27.1. The molecule has 152 valence electrons. The van der Waals surface area contributed by atoms with Crippen LogP contribution in [0.15, 0.2) is 23.1 Å². The van der Waals surface area contributed by atoms with Gasteiger partial charge in [0, 0.05) is 31.1 Å². The first-order valence-corrected chi connectivity index (χ1v) is 12.3. The molecule has 0 spiro atoms. The van der Waals surface area contributed by atoms with Crippen LogP contribution in [0.25, 0.3) is 0 Å². The Morgan fingerprint density at radius 2 is 1.93 bits per heavy atom. The smallest absolute Gasteiger partial charge is 0.252 e. The average Bonchev–Trinajstić information content (AvgIpc) is 2.68. The summed E-state index contributed by atoms with van der Waals surface area (Å²) in [5, 5.41) is 3.09. The summed E-state index contributed by atoms with van der Waals surface area (Å²) in [6, 6.07) is 4.34. The Bertz CT molecular complexity index is 733. The van der Waals surface area contributed by atoms with Gasteiger partial charge >= 0.3 is 0 Å². The maximum atomic E-state index is 12.8. The van der Waals surface area contributed by atoms with Crippen LogP contribution in [-0.2, 0) is 10.0 Å². The molecule has 1 aromatic carbocycles. The zero-order chi connectivity index (χ0) is 19.9. The molecule has 1 aromatic rings. The zero-order valence-electron chi connectivity index (χ0n) is 15.9. The van der Waals surface area contributed by atoms with Crippen LogP contribution in [0.2, 0.25) is 5.02 Å². The number of carbonyl (C=O) groups excluding carboxylic acids is 1. The molecule has 9 heteroatoms. The molecular formula is C18H28ClN3O3S2. The van der Waals surface area contributed by atoms with Gasteiger partial charge in [-0.3, -0.25) is 4.79 Å². The summed E-state index contributed by atoms with van der Waals surface area (Å²) in [6.07, 6.45) is 0.828. The highest BCUT2D eigenvalue weighted by molar-refractivity contribution is 7.99. The highest BCUT2D eigenvalue weighted by Gasteiger charge is 2.27. The van der Waals surface area contributed by atoms with E-state index < -0.39 is 10.0 Å². The van der Waals surface area contributed by atoms with E-state index in [-0.39, 0.29) is 21.4 Å². The van der Waals surface area contributed by atoms with Crippen molar-refractivity contribution in [3.05, 3.63) is 28.8 Å². The van der Waals surface area contributed by atoms with Crippen LogP contribution < -0.4 is 5.32 Å². The lowest BCUT2D eigenvalue weighted by Crippen LogP contribution is -2.38. The first-order chi connectivity index (χ1) is 12.9. The number of nitrogens with zero attached hydrogens (tertiary/aromatic N) is 2. The number of nitrogens with one attached hydrogen (secondary N) is 1. The zero-order valence-corrected chi connectivity index (χ0v) is 18.3. The summed E-state index contributed by atoms with van der Waals surface area (Å²) in [5.41, 5.74) is 0.201. The first kappa shape index (κ1) is 22.5. The molecule has 1 saturated heterocycles. The number of carbonyl (C=O) groups is 1. The molecule has 0 unspecified atom stereocenters. The Balaban J connectivity index is 2.04. The highest BCUT2D eigenvalue weighted by Crippen LogP contribution is 2.24. The van der Waals surface area contributed by atoms with Crippen molar-refractivity contribution in [1.82, 2.24) is 14.5 Å². The van der Waals surface area contributed by atoms with E-state index in [2.05, 4.69) is 24.1 Å². The molecule has 1 aliphatic rings. The summed E-state index contributed by atoms with van der Waals surface area (Å²) in [4.78, 5) is 14.9. The van der Waals surface area contributed by atoms with Crippen LogP contribution in [0, 0.1) is 0 Å². The van der Waals surface area contributed by atoms with Crippen LogP contribution in [0.5, 0.6) is 0 Å². The second-order valence-corrected chi connectivity index (χ2v) is 9.86. The summed E-state index contributed by atoms with van der Waals surface area (Å²) in [5.74, 6) is 1.23. The van der Waals surface area contributed by atoms with E-state index in [0.29, 0.717) is 19.6 Å². The maximum absolute atomic E-state index is 12.8. The SMILES string of the molecule is CCN(CC)CCCNC(=O)c1cc(S(=O)(=O)N2CCSCC2)ccc1Cl. The Morgan fingerprint density at radius 1 is 1.26 bits per heavy atom. The molecule has 0 saturated carbocycles. The molecule has 1 aliphatic heterocycles. The van der Waals surface area contributed by atoms with Gasteiger partial charge in [0.1, 0.15) is 0 Å². The molecule has 0 atom stereocenters. The second-order valence-electron chi connectivity index (χ2n) is 6.29. The number of amides is 1. The monoisotopic (exact) mass is 433 g/mol. The molecule has 1 amide bonds. The largest absolute Gasteiger partial charge is 0.352 e. The van der Waals surface area contributed by atoms with Crippen molar-refractivity contribution in [2.24, 2.45) is 0 Å². The van der Waals surface area contributed by atoms with Gasteiger partial charge in [-0.25, -0.2) is 8.42 Å². The van der Waals surface area contributed by atoms with Crippen LogP contribution >= 0.6 is 23.4 Å². The second kappa shape index (κ2) is 10.7. The average molecular weight is 434 g/mol. The molecule has 0 bridgehead atoms. The van der Waals surface area contributed by atoms with E-state index in [9.17, 15) is 13.2 Å². The van der Waals surface area contributed by atoms with Crippen LogP contribution in [0.4, 0.5) is 0 Å².